The fraction of sp³-hybridized carbons (Fsp3) is 0.762. The maximum absolute atomic E-state index is 13.6. The van der Waals surface area contributed by atoms with E-state index in [1.54, 1.807) is 40.7 Å². The zero-order valence-electron chi connectivity index (χ0n) is 19.0. The Balaban J connectivity index is 4.06. The van der Waals surface area contributed by atoms with Gasteiger partial charge in [0.05, 0.1) is 0 Å². The van der Waals surface area contributed by atoms with Gasteiger partial charge in [-0.1, -0.05) is 11.1 Å². The Morgan fingerprint density at radius 1 is 0.900 bits per heavy atom. The molecule has 0 aromatic carbocycles. The highest BCUT2D eigenvalue weighted by Gasteiger charge is 2.82. The first-order chi connectivity index (χ1) is 14.4. The first-order valence-electron chi connectivity index (χ1n) is 10.5. The smallest absolute Gasteiger partial charge is 0.369 e. The second kappa shape index (κ2) is 12.2. The Labute approximate surface area is 180 Å². The molecule has 0 bridgehead atoms. The second-order valence-electron chi connectivity index (χ2n) is 6.22. The Kier molecular flexibility index (Phi) is 11.0. The quantitative estimate of drug-likeness (QED) is 0.162. The Hall–Kier alpha value is -0.990. The second-order valence-corrected chi connectivity index (χ2v) is 7.91. The molecule has 1 aliphatic rings. The summed E-state index contributed by atoms with van der Waals surface area (Å²) in [5.41, 5.74) is -0.691. The largest absolute Gasteiger partial charge is 0.464 e. The van der Waals surface area contributed by atoms with Gasteiger partial charge in [0.15, 0.2) is 0 Å². The number of allylic oxidation sites excluding steroid dienone is 1. The van der Waals surface area contributed by atoms with Gasteiger partial charge in [0.2, 0.25) is 0 Å². The van der Waals surface area contributed by atoms with Crippen LogP contribution in [0.15, 0.2) is 24.8 Å². The summed E-state index contributed by atoms with van der Waals surface area (Å²) in [4.78, 5) is 12.6. The number of ether oxygens (including phenoxy) is 6. The summed E-state index contributed by atoms with van der Waals surface area (Å²) < 4.78 is 50.3. The summed E-state index contributed by atoms with van der Waals surface area (Å²) in [6, 6.07) is 0. The van der Waals surface area contributed by atoms with E-state index < -0.39 is 36.3 Å². The van der Waals surface area contributed by atoms with Gasteiger partial charge in [0, 0.05) is 51.8 Å². The van der Waals surface area contributed by atoms with Crippen molar-refractivity contribution in [2.45, 2.75) is 64.6 Å². The molecule has 3 atom stereocenters. The summed E-state index contributed by atoms with van der Waals surface area (Å²) in [5, 5.41) is -1.83. The molecule has 0 spiro atoms. The summed E-state index contributed by atoms with van der Waals surface area (Å²) in [6.07, 6.45) is 3.41. The average Bonchev–Trinajstić information content (AvgIpc) is 2.73. The first-order valence-corrected chi connectivity index (χ1v) is 11.8. The minimum absolute atomic E-state index is 0.130. The monoisotopic (exact) mass is 447 g/mol. The molecular weight excluding hydrogens is 411 g/mol. The molecule has 0 aromatic rings. The average molecular weight is 447 g/mol. The standard InChI is InChI=1S/C21H36O8P/c1-8-18(22)30(23)19(25-10-3)16-15-17(24-9-2)20(26-11-4,27-12-5)21(19,28-13-6)29-14-7/h8,15-17H,1,9-14H2,2-7H3/q+1. The van der Waals surface area contributed by atoms with Crippen LogP contribution in [-0.2, 0) is 37.8 Å². The van der Waals surface area contributed by atoms with E-state index in [2.05, 4.69) is 6.58 Å². The minimum Gasteiger partial charge on any atom is -0.369 e. The maximum atomic E-state index is 13.6. The van der Waals surface area contributed by atoms with Gasteiger partial charge < -0.3 is 28.4 Å². The van der Waals surface area contributed by atoms with E-state index in [0.29, 0.717) is 6.61 Å². The van der Waals surface area contributed by atoms with E-state index >= 15 is 0 Å². The van der Waals surface area contributed by atoms with Crippen molar-refractivity contribution in [3.63, 3.8) is 0 Å². The van der Waals surface area contributed by atoms with Gasteiger partial charge in [-0.25, -0.2) is 4.79 Å². The van der Waals surface area contributed by atoms with E-state index in [4.69, 9.17) is 28.4 Å². The van der Waals surface area contributed by atoms with Crippen molar-refractivity contribution >= 4 is 13.3 Å². The molecule has 30 heavy (non-hydrogen) atoms. The van der Waals surface area contributed by atoms with Crippen LogP contribution < -0.4 is 0 Å². The molecule has 1 aliphatic carbocycles. The molecule has 0 saturated carbocycles. The molecule has 0 saturated heterocycles. The van der Waals surface area contributed by atoms with Crippen molar-refractivity contribution in [3.8, 4) is 0 Å². The predicted molar refractivity (Wildman–Crippen MR) is 114 cm³/mol. The van der Waals surface area contributed by atoms with E-state index in [9.17, 15) is 9.36 Å². The predicted octanol–water partition coefficient (Wildman–Crippen LogP) is 3.77. The maximum Gasteiger partial charge on any atom is 0.464 e. The van der Waals surface area contributed by atoms with E-state index in [1.165, 1.54) is 6.08 Å². The summed E-state index contributed by atoms with van der Waals surface area (Å²) >= 11 is 0. The molecule has 0 aromatic heterocycles. The van der Waals surface area contributed by atoms with Gasteiger partial charge in [-0.3, -0.25) is 0 Å². The lowest BCUT2D eigenvalue weighted by Gasteiger charge is -2.54. The number of carbonyl (C=O) groups excluding carboxylic acids is 1. The molecule has 1 rings (SSSR count). The lowest BCUT2D eigenvalue weighted by Crippen LogP contribution is -2.77. The van der Waals surface area contributed by atoms with Crippen molar-refractivity contribution in [3.05, 3.63) is 24.8 Å². The van der Waals surface area contributed by atoms with Gasteiger partial charge in [-0.05, 0) is 47.6 Å². The number of hydrogen-bond donors (Lipinski definition) is 0. The van der Waals surface area contributed by atoms with Gasteiger partial charge in [-0.15, -0.1) is 0 Å². The highest BCUT2D eigenvalue weighted by molar-refractivity contribution is 7.66. The van der Waals surface area contributed by atoms with E-state index in [-0.39, 0.29) is 33.0 Å². The minimum atomic E-state index is -2.75. The van der Waals surface area contributed by atoms with Gasteiger partial charge in [0.1, 0.15) is 6.10 Å². The fourth-order valence-electron chi connectivity index (χ4n) is 3.79. The van der Waals surface area contributed by atoms with Crippen molar-refractivity contribution in [2.24, 2.45) is 0 Å². The zero-order chi connectivity index (χ0) is 22.8. The normalized spacial score (nSPS) is 25.1. The highest BCUT2D eigenvalue weighted by Crippen LogP contribution is 2.60. The van der Waals surface area contributed by atoms with Crippen molar-refractivity contribution in [1.82, 2.24) is 0 Å². The third kappa shape index (κ3) is 4.46. The Morgan fingerprint density at radius 2 is 1.40 bits per heavy atom. The molecule has 9 heteroatoms. The van der Waals surface area contributed by atoms with Crippen LogP contribution in [0.5, 0.6) is 0 Å². The molecule has 0 radical (unpaired) electrons. The van der Waals surface area contributed by atoms with Crippen LogP contribution in [0.3, 0.4) is 0 Å². The van der Waals surface area contributed by atoms with Crippen LogP contribution in [0.2, 0.25) is 0 Å². The third-order valence-corrected chi connectivity index (χ3v) is 6.36. The number of carbonyl (C=O) groups is 1. The third-order valence-electron chi connectivity index (χ3n) is 4.60. The van der Waals surface area contributed by atoms with Crippen molar-refractivity contribution in [1.29, 1.82) is 0 Å². The topological polar surface area (TPSA) is 89.5 Å². The SMILES string of the molecule is C=CC(=O)[P+](=O)C1(OCC)C=CC(OCC)C(OCC)(OCC)C1(OCC)OCC. The van der Waals surface area contributed by atoms with Crippen LogP contribution in [0.4, 0.5) is 0 Å². The molecule has 0 fully saturated rings. The summed E-state index contributed by atoms with van der Waals surface area (Å²) in [7, 11) is -2.75. The fourth-order valence-corrected chi connectivity index (χ4v) is 5.30. The van der Waals surface area contributed by atoms with E-state index in [0.717, 1.165) is 6.08 Å². The van der Waals surface area contributed by atoms with E-state index in [1.807, 2.05) is 6.92 Å². The molecule has 0 N–H and O–H groups in total. The van der Waals surface area contributed by atoms with Gasteiger partial charge in [-0.2, -0.15) is 0 Å². The molecular formula is C21H36O8P+. The molecule has 172 valence electrons. The lowest BCUT2D eigenvalue weighted by molar-refractivity contribution is -0.454. The molecule has 0 aliphatic heterocycles. The van der Waals surface area contributed by atoms with Crippen LogP contribution in [-0.4, -0.2) is 68.2 Å². The van der Waals surface area contributed by atoms with Crippen molar-refractivity contribution in [2.75, 3.05) is 39.6 Å². The highest BCUT2D eigenvalue weighted by atomic mass is 31.1. The molecule has 3 unspecified atom stereocenters. The van der Waals surface area contributed by atoms with Gasteiger partial charge in [0.25, 0.3) is 5.79 Å². The zero-order valence-corrected chi connectivity index (χ0v) is 19.9. The first kappa shape index (κ1) is 27.0. The summed E-state index contributed by atoms with van der Waals surface area (Å²) in [5.74, 6) is -3.58. The Bertz CT molecular complexity index is 608. The number of rotatable bonds is 15. The Morgan fingerprint density at radius 3 is 1.80 bits per heavy atom. The van der Waals surface area contributed by atoms with Crippen molar-refractivity contribution < 1.29 is 37.8 Å². The summed E-state index contributed by atoms with van der Waals surface area (Å²) in [6.45, 7) is 15.4. The molecule has 8 nitrogen and oxygen atoms in total. The molecule has 0 heterocycles. The van der Waals surface area contributed by atoms with Gasteiger partial charge >= 0.3 is 24.5 Å². The van der Waals surface area contributed by atoms with Crippen LogP contribution in [0.25, 0.3) is 0 Å². The van der Waals surface area contributed by atoms with Crippen LogP contribution >= 0.6 is 7.80 Å². The van der Waals surface area contributed by atoms with Crippen LogP contribution in [0, 0.1) is 0 Å². The molecule has 0 amide bonds. The van der Waals surface area contributed by atoms with Crippen LogP contribution in [0.1, 0.15) is 41.5 Å². The lowest BCUT2D eigenvalue weighted by atomic mass is 9.86. The number of hydrogen-bond acceptors (Lipinski definition) is 8.